The molecule has 0 atom stereocenters. The maximum absolute atomic E-state index is 10.2. The van der Waals surface area contributed by atoms with Crippen LogP contribution in [0.3, 0.4) is 0 Å². The summed E-state index contributed by atoms with van der Waals surface area (Å²) in [6.45, 7) is 7.34. The molecule has 1 heterocycles. The number of ether oxygens (including phenoxy) is 1. The van der Waals surface area contributed by atoms with Crippen LogP contribution >= 0.6 is 0 Å². The molecule has 1 aromatic heterocycles. The zero-order chi connectivity index (χ0) is 16.7. The zero-order valence-electron chi connectivity index (χ0n) is 14.7. The topological polar surface area (TPSA) is 47.3 Å². The number of nitrogens with zero attached hydrogens (tertiary/aromatic N) is 2. The van der Waals surface area contributed by atoms with Gasteiger partial charge < -0.3 is 14.4 Å². The number of benzene rings is 1. The van der Waals surface area contributed by atoms with Crippen molar-refractivity contribution in [1.29, 1.82) is 0 Å². The summed E-state index contributed by atoms with van der Waals surface area (Å²) in [7, 11) is 0. The lowest BCUT2D eigenvalue weighted by molar-refractivity contribution is -0.0906. The van der Waals surface area contributed by atoms with Gasteiger partial charge in [-0.2, -0.15) is 0 Å². The number of imidazole rings is 1. The first-order valence-electron chi connectivity index (χ1n) is 8.66. The molecule has 0 amide bonds. The summed E-state index contributed by atoms with van der Waals surface area (Å²) < 4.78 is 8.35. The van der Waals surface area contributed by atoms with Crippen LogP contribution in [0.5, 0.6) is 5.75 Å². The van der Waals surface area contributed by atoms with Crippen LogP contribution in [0.25, 0.3) is 11.0 Å². The van der Waals surface area contributed by atoms with Gasteiger partial charge in [0.15, 0.2) is 0 Å². The van der Waals surface area contributed by atoms with Gasteiger partial charge in [-0.1, -0.05) is 19.3 Å². The van der Waals surface area contributed by atoms with Gasteiger partial charge in [-0.05, 0) is 52.7 Å². The van der Waals surface area contributed by atoms with Crippen molar-refractivity contribution in [3.05, 3.63) is 24.5 Å². The molecular formula is C19H28N2O2. The molecule has 4 heteroatoms. The molecular weight excluding hydrogens is 288 g/mol. The zero-order valence-corrected chi connectivity index (χ0v) is 14.7. The van der Waals surface area contributed by atoms with E-state index in [0.717, 1.165) is 11.3 Å². The Morgan fingerprint density at radius 2 is 1.83 bits per heavy atom. The summed E-state index contributed by atoms with van der Waals surface area (Å²) >= 11 is 0. The first-order chi connectivity index (χ1) is 10.8. The van der Waals surface area contributed by atoms with Gasteiger partial charge in [-0.3, -0.25) is 0 Å². The monoisotopic (exact) mass is 316 g/mol. The van der Waals surface area contributed by atoms with Crippen molar-refractivity contribution in [1.82, 2.24) is 9.55 Å². The van der Waals surface area contributed by atoms with Crippen LogP contribution in [-0.4, -0.2) is 25.9 Å². The highest BCUT2D eigenvalue weighted by molar-refractivity contribution is 5.77. The highest BCUT2D eigenvalue weighted by atomic mass is 16.5. The van der Waals surface area contributed by atoms with Gasteiger partial charge in [-0.25, -0.2) is 4.98 Å². The van der Waals surface area contributed by atoms with Crippen LogP contribution in [0, 0.1) is 0 Å². The average molecular weight is 316 g/mol. The first-order valence-corrected chi connectivity index (χ1v) is 8.66. The number of aromatic nitrogens is 2. The molecule has 126 valence electrons. The van der Waals surface area contributed by atoms with E-state index in [2.05, 4.69) is 15.6 Å². The average Bonchev–Trinajstić information content (AvgIpc) is 2.89. The fraction of sp³-hybridized carbons (Fsp3) is 0.632. The summed E-state index contributed by atoms with van der Waals surface area (Å²) in [5.41, 5.74) is 0.528. The molecule has 1 fully saturated rings. The van der Waals surface area contributed by atoms with Crippen LogP contribution in [0.2, 0.25) is 0 Å². The number of aliphatic hydroxyl groups is 1. The smallest absolute Gasteiger partial charge is 0.131 e. The van der Waals surface area contributed by atoms with Crippen LogP contribution in [0.15, 0.2) is 24.5 Å². The van der Waals surface area contributed by atoms with Gasteiger partial charge in [0.25, 0.3) is 0 Å². The van der Waals surface area contributed by atoms with E-state index in [1.54, 1.807) is 13.8 Å². The second-order valence-electron chi connectivity index (χ2n) is 7.77. The normalized spacial score (nSPS) is 17.6. The Bertz CT molecular complexity index is 676. The van der Waals surface area contributed by atoms with Gasteiger partial charge in [-0.15, -0.1) is 0 Å². The van der Waals surface area contributed by atoms with Crippen LogP contribution in [0.4, 0.5) is 0 Å². The maximum atomic E-state index is 10.2. The highest BCUT2D eigenvalue weighted by Gasteiger charge is 2.37. The lowest BCUT2D eigenvalue weighted by atomic mass is 9.89. The van der Waals surface area contributed by atoms with Crippen molar-refractivity contribution in [3.63, 3.8) is 0 Å². The lowest BCUT2D eigenvalue weighted by Gasteiger charge is -2.37. The van der Waals surface area contributed by atoms with Crippen LogP contribution < -0.4 is 4.74 Å². The third-order valence-corrected chi connectivity index (χ3v) is 5.36. The Labute approximate surface area is 138 Å². The van der Waals surface area contributed by atoms with Crippen molar-refractivity contribution >= 4 is 11.0 Å². The predicted octanol–water partition coefficient (Wildman–Crippen LogP) is 4.47. The van der Waals surface area contributed by atoms with Crippen molar-refractivity contribution < 1.29 is 9.84 Å². The second-order valence-corrected chi connectivity index (χ2v) is 7.77. The van der Waals surface area contributed by atoms with Crippen molar-refractivity contribution in [3.8, 4) is 5.75 Å². The Morgan fingerprint density at radius 1 is 1.13 bits per heavy atom. The molecule has 1 aromatic carbocycles. The SMILES string of the molecule is CC(C)(O)C(C)(C)Oc1ccc2c(c1)ncn2C1CCCCC1. The number of hydrogen-bond donors (Lipinski definition) is 1. The first kappa shape index (κ1) is 16.3. The molecule has 4 nitrogen and oxygen atoms in total. The van der Waals surface area contributed by atoms with E-state index in [0.29, 0.717) is 6.04 Å². The quantitative estimate of drug-likeness (QED) is 0.905. The number of rotatable bonds is 4. The maximum Gasteiger partial charge on any atom is 0.131 e. The minimum absolute atomic E-state index is 0.577. The van der Waals surface area contributed by atoms with Crippen molar-refractivity contribution in [2.75, 3.05) is 0 Å². The van der Waals surface area contributed by atoms with E-state index < -0.39 is 11.2 Å². The van der Waals surface area contributed by atoms with Crippen LogP contribution in [0.1, 0.15) is 65.8 Å². The highest BCUT2D eigenvalue weighted by Crippen LogP contribution is 2.33. The predicted molar refractivity (Wildman–Crippen MR) is 92.9 cm³/mol. The third kappa shape index (κ3) is 3.23. The van der Waals surface area contributed by atoms with E-state index in [-0.39, 0.29) is 0 Å². The standard InChI is InChI=1S/C19H28N2O2/c1-18(2,22)19(3,4)23-15-10-11-17-16(12-15)20-13-21(17)14-8-6-5-7-9-14/h10-14,22H,5-9H2,1-4H3. The third-order valence-electron chi connectivity index (χ3n) is 5.36. The second kappa shape index (κ2) is 5.82. The van der Waals surface area contributed by atoms with Crippen LogP contribution in [-0.2, 0) is 0 Å². The molecule has 1 aliphatic rings. The van der Waals surface area contributed by atoms with Gasteiger partial charge in [0.1, 0.15) is 11.4 Å². The summed E-state index contributed by atoms with van der Waals surface area (Å²) in [4.78, 5) is 4.57. The molecule has 0 aliphatic heterocycles. The van der Waals surface area contributed by atoms with Crippen molar-refractivity contribution in [2.24, 2.45) is 0 Å². The minimum atomic E-state index is -0.927. The molecule has 1 N–H and O–H groups in total. The van der Waals surface area contributed by atoms with E-state index in [1.807, 2.05) is 32.3 Å². The molecule has 0 spiro atoms. The molecule has 0 bridgehead atoms. The van der Waals surface area contributed by atoms with E-state index in [4.69, 9.17) is 4.74 Å². The van der Waals surface area contributed by atoms with Gasteiger partial charge in [0.2, 0.25) is 0 Å². The number of hydrogen-bond acceptors (Lipinski definition) is 3. The molecule has 0 unspecified atom stereocenters. The molecule has 2 aromatic rings. The van der Waals surface area contributed by atoms with E-state index in [1.165, 1.54) is 37.6 Å². The molecule has 0 radical (unpaired) electrons. The molecule has 1 saturated carbocycles. The fourth-order valence-electron chi connectivity index (χ4n) is 3.14. The summed E-state index contributed by atoms with van der Waals surface area (Å²) in [6, 6.07) is 6.62. The summed E-state index contributed by atoms with van der Waals surface area (Å²) in [5.74, 6) is 0.749. The van der Waals surface area contributed by atoms with E-state index >= 15 is 0 Å². The van der Waals surface area contributed by atoms with E-state index in [9.17, 15) is 5.11 Å². The Hall–Kier alpha value is -1.55. The Kier molecular flexibility index (Phi) is 4.13. The summed E-state index contributed by atoms with van der Waals surface area (Å²) in [6.07, 6.45) is 8.43. The largest absolute Gasteiger partial charge is 0.485 e. The Balaban J connectivity index is 1.86. The fourth-order valence-corrected chi connectivity index (χ4v) is 3.14. The van der Waals surface area contributed by atoms with Gasteiger partial charge in [0, 0.05) is 12.1 Å². The molecule has 23 heavy (non-hydrogen) atoms. The van der Waals surface area contributed by atoms with Gasteiger partial charge in [0.05, 0.1) is 23.0 Å². The molecule has 1 aliphatic carbocycles. The van der Waals surface area contributed by atoms with Crippen molar-refractivity contribution in [2.45, 2.75) is 77.0 Å². The Morgan fingerprint density at radius 3 is 2.48 bits per heavy atom. The minimum Gasteiger partial charge on any atom is -0.485 e. The van der Waals surface area contributed by atoms with Gasteiger partial charge >= 0.3 is 0 Å². The lowest BCUT2D eigenvalue weighted by Crippen LogP contribution is -2.49. The molecule has 3 rings (SSSR count). The molecule has 0 saturated heterocycles. The number of fused-ring (bicyclic) bond motifs is 1. The summed E-state index contributed by atoms with van der Waals surface area (Å²) in [5, 5.41) is 10.2.